The van der Waals surface area contributed by atoms with Gasteiger partial charge in [-0.1, -0.05) is 152 Å². The topological polar surface area (TPSA) is 22.0 Å². The second-order valence-corrected chi connectivity index (χ2v) is 15.9. The van der Waals surface area contributed by atoms with Crippen LogP contribution in [-0.4, -0.2) is 4.57 Å². The van der Waals surface area contributed by atoms with E-state index < -0.39 is 7.14 Å². The Bertz CT molecular complexity index is 2740. The van der Waals surface area contributed by atoms with Crippen LogP contribution < -0.4 is 15.9 Å². The number of fused-ring (bicyclic) bond motifs is 7. The zero-order valence-electron chi connectivity index (χ0n) is 27.8. The maximum Gasteiger partial charge on any atom is 0.172 e. The van der Waals surface area contributed by atoms with Crippen molar-refractivity contribution in [1.82, 2.24) is 4.57 Å². The third kappa shape index (κ3) is 4.61. The molecule has 0 radical (unpaired) electrons. The number of rotatable bonds is 5. The molecule has 0 amide bonds. The Labute approximate surface area is 297 Å². The minimum Gasteiger partial charge on any atom is -0.309 e. The average molecular weight is 670 g/mol. The van der Waals surface area contributed by atoms with Crippen LogP contribution in [0.1, 0.15) is 0 Å². The lowest BCUT2D eigenvalue weighted by Gasteiger charge is -2.17. The van der Waals surface area contributed by atoms with Crippen molar-refractivity contribution in [2.45, 2.75) is 0 Å². The summed E-state index contributed by atoms with van der Waals surface area (Å²) in [7, 11) is -3.15. The van der Waals surface area contributed by atoms with E-state index in [0.717, 1.165) is 60.1 Å². The van der Waals surface area contributed by atoms with E-state index in [9.17, 15) is 0 Å². The molecule has 0 saturated carbocycles. The van der Waals surface area contributed by atoms with Gasteiger partial charge in [0.25, 0.3) is 0 Å². The molecule has 1 aromatic heterocycles. The van der Waals surface area contributed by atoms with Gasteiger partial charge in [0.1, 0.15) is 0 Å². The monoisotopic (exact) mass is 669 g/mol. The Balaban J connectivity index is 1.16. The van der Waals surface area contributed by atoms with Crippen LogP contribution in [0.4, 0.5) is 0 Å². The number of hydrogen-bond acceptors (Lipinski definition) is 1. The van der Waals surface area contributed by atoms with Crippen molar-refractivity contribution in [2.24, 2.45) is 0 Å². The fourth-order valence-electron chi connectivity index (χ4n) is 8.06. The smallest absolute Gasteiger partial charge is 0.172 e. The Kier molecular flexibility index (Phi) is 6.81. The van der Waals surface area contributed by atoms with Gasteiger partial charge in [-0.2, -0.15) is 0 Å². The fourth-order valence-corrected chi connectivity index (χ4v) is 11.3. The summed E-state index contributed by atoms with van der Waals surface area (Å²) in [4.78, 5) is 0. The Morgan fingerprint density at radius 3 is 1.57 bits per heavy atom. The summed E-state index contributed by atoms with van der Waals surface area (Å²) in [6.07, 6.45) is 0. The SMILES string of the molecule is O=P1(c2ccccc2)c2ccccc2-c2ccc3c(c21)c1ccccc1n3-c1ccc(-c2cc(-c3ccccc3)cc(-c3ccccc3)c2)cc1. The van der Waals surface area contributed by atoms with E-state index in [4.69, 9.17) is 0 Å². The van der Waals surface area contributed by atoms with Gasteiger partial charge < -0.3 is 9.13 Å². The molecule has 1 atom stereocenters. The third-order valence-corrected chi connectivity index (χ3v) is 13.6. The van der Waals surface area contributed by atoms with Gasteiger partial charge in [0, 0.05) is 32.4 Å². The molecule has 1 aliphatic rings. The molecule has 2 nitrogen and oxygen atoms in total. The van der Waals surface area contributed by atoms with Crippen molar-refractivity contribution in [1.29, 1.82) is 0 Å². The first-order valence-electron chi connectivity index (χ1n) is 17.4. The Morgan fingerprint density at radius 2 is 0.922 bits per heavy atom. The molecule has 3 heteroatoms. The summed E-state index contributed by atoms with van der Waals surface area (Å²) < 4.78 is 18.1. The van der Waals surface area contributed by atoms with Crippen molar-refractivity contribution in [3.8, 4) is 50.2 Å². The van der Waals surface area contributed by atoms with Crippen LogP contribution in [-0.2, 0) is 4.57 Å². The molecule has 1 unspecified atom stereocenters. The van der Waals surface area contributed by atoms with Gasteiger partial charge in [-0.15, -0.1) is 0 Å². The first kappa shape index (κ1) is 29.7. The number of hydrogen-bond donors (Lipinski definition) is 0. The van der Waals surface area contributed by atoms with Crippen LogP contribution in [0.25, 0.3) is 72.0 Å². The van der Waals surface area contributed by atoms with E-state index in [0.29, 0.717) is 0 Å². The largest absolute Gasteiger partial charge is 0.309 e. The number of para-hydroxylation sites is 1. The number of aromatic nitrogens is 1. The van der Waals surface area contributed by atoms with E-state index in [1.54, 1.807) is 0 Å². The van der Waals surface area contributed by atoms with Crippen molar-refractivity contribution >= 4 is 44.9 Å². The Morgan fingerprint density at radius 1 is 0.392 bits per heavy atom. The van der Waals surface area contributed by atoms with Gasteiger partial charge in [-0.3, -0.25) is 0 Å². The molecule has 0 aliphatic carbocycles. The predicted octanol–water partition coefficient (Wildman–Crippen LogP) is 11.4. The van der Waals surface area contributed by atoms with Crippen LogP contribution in [0.2, 0.25) is 0 Å². The summed E-state index contributed by atoms with van der Waals surface area (Å²) >= 11 is 0. The summed E-state index contributed by atoms with van der Waals surface area (Å²) in [5.74, 6) is 0. The quantitative estimate of drug-likeness (QED) is 0.167. The van der Waals surface area contributed by atoms with Crippen molar-refractivity contribution in [2.75, 3.05) is 0 Å². The van der Waals surface area contributed by atoms with E-state index in [2.05, 4.69) is 162 Å². The summed E-state index contributed by atoms with van der Waals surface area (Å²) in [6, 6.07) is 68.2. The van der Waals surface area contributed by atoms with Crippen molar-refractivity contribution in [3.63, 3.8) is 0 Å². The molecular weight excluding hydrogens is 638 g/mol. The van der Waals surface area contributed by atoms with Crippen LogP contribution >= 0.6 is 7.14 Å². The van der Waals surface area contributed by atoms with E-state index in [1.165, 1.54) is 27.8 Å². The highest BCUT2D eigenvalue weighted by Crippen LogP contribution is 2.55. The lowest BCUT2D eigenvalue weighted by Crippen LogP contribution is -2.21. The fraction of sp³-hybridized carbons (Fsp3) is 0. The second kappa shape index (κ2) is 11.7. The minimum absolute atomic E-state index is 0.873. The average Bonchev–Trinajstić information content (AvgIpc) is 3.69. The summed E-state index contributed by atoms with van der Waals surface area (Å²) in [6.45, 7) is 0. The number of nitrogens with zero attached hydrogens (tertiary/aromatic N) is 1. The third-order valence-electron chi connectivity index (χ3n) is 10.4. The Hall–Kier alpha value is -6.21. The molecule has 0 saturated heterocycles. The van der Waals surface area contributed by atoms with Gasteiger partial charge in [-0.05, 0) is 87.0 Å². The molecule has 1 aliphatic heterocycles. The van der Waals surface area contributed by atoms with E-state index in [-0.39, 0.29) is 0 Å². The number of benzene rings is 8. The van der Waals surface area contributed by atoms with Gasteiger partial charge in [0.2, 0.25) is 0 Å². The first-order valence-corrected chi connectivity index (χ1v) is 19.1. The second-order valence-electron chi connectivity index (χ2n) is 13.2. The van der Waals surface area contributed by atoms with Gasteiger partial charge >= 0.3 is 0 Å². The molecule has 0 bridgehead atoms. The molecule has 0 spiro atoms. The molecule has 9 aromatic rings. The highest BCUT2D eigenvalue weighted by molar-refractivity contribution is 7.86. The predicted molar refractivity (Wildman–Crippen MR) is 215 cm³/mol. The van der Waals surface area contributed by atoms with Crippen LogP contribution in [0.5, 0.6) is 0 Å². The standard InChI is InChI=1S/C48H32NOP/c50-51(40-18-8-3-9-19-40)46-23-13-11-20-41(46)42-28-29-45-47(48(42)51)43-21-10-12-22-44(43)49(45)39-26-24-35(25-27-39)38-31-36(33-14-4-1-5-15-33)30-37(32-38)34-16-6-2-7-17-34/h1-32H. The van der Waals surface area contributed by atoms with Crippen molar-refractivity contribution in [3.05, 3.63) is 194 Å². The molecule has 8 aromatic carbocycles. The molecule has 10 rings (SSSR count). The summed E-state index contributed by atoms with van der Waals surface area (Å²) in [5, 5.41) is 4.93. The molecule has 51 heavy (non-hydrogen) atoms. The molecule has 240 valence electrons. The molecular formula is C48H32NOP. The van der Waals surface area contributed by atoms with Gasteiger partial charge in [-0.25, -0.2) is 0 Å². The minimum atomic E-state index is -3.15. The van der Waals surface area contributed by atoms with Crippen molar-refractivity contribution < 1.29 is 4.57 Å². The van der Waals surface area contributed by atoms with Gasteiger partial charge in [0.05, 0.1) is 11.0 Å². The molecule has 2 heterocycles. The van der Waals surface area contributed by atoms with E-state index >= 15 is 4.57 Å². The van der Waals surface area contributed by atoms with E-state index in [1.807, 2.05) is 36.4 Å². The zero-order chi connectivity index (χ0) is 33.9. The molecule has 0 N–H and O–H groups in total. The molecule has 0 fully saturated rings. The maximum absolute atomic E-state index is 15.7. The lowest BCUT2D eigenvalue weighted by molar-refractivity contribution is 0.593. The summed E-state index contributed by atoms with van der Waals surface area (Å²) in [5.41, 5.74) is 12.5. The lowest BCUT2D eigenvalue weighted by atomic mass is 9.93. The highest BCUT2D eigenvalue weighted by Gasteiger charge is 2.42. The maximum atomic E-state index is 15.7. The van der Waals surface area contributed by atoms with Crippen LogP contribution in [0, 0.1) is 0 Å². The van der Waals surface area contributed by atoms with Crippen LogP contribution in [0.3, 0.4) is 0 Å². The normalized spacial score (nSPS) is 14.8. The van der Waals surface area contributed by atoms with Crippen LogP contribution in [0.15, 0.2) is 194 Å². The first-order chi connectivity index (χ1) is 25.2. The zero-order valence-corrected chi connectivity index (χ0v) is 28.7. The highest BCUT2D eigenvalue weighted by atomic mass is 31.2. The van der Waals surface area contributed by atoms with Gasteiger partial charge in [0.15, 0.2) is 7.14 Å².